The highest BCUT2D eigenvalue weighted by atomic mass is 19.4. The molecular formula is C28H32F3N3O3. The Morgan fingerprint density at radius 2 is 1.76 bits per heavy atom. The van der Waals surface area contributed by atoms with Crippen molar-refractivity contribution < 1.29 is 27.5 Å². The number of nitrogens with zero attached hydrogens (tertiary/aromatic N) is 2. The van der Waals surface area contributed by atoms with E-state index in [-0.39, 0.29) is 30.8 Å². The second kappa shape index (κ2) is 11.8. The number of hydrogen-bond donors (Lipinski definition) is 1. The molecule has 1 aromatic heterocycles. The Morgan fingerprint density at radius 3 is 2.41 bits per heavy atom. The number of hydrogen-bond acceptors (Lipinski definition) is 3. The molecule has 0 atom stereocenters. The highest BCUT2D eigenvalue weighted by Crippen LogP contribution is 2.30. The molecule has 6 nitrogen and oxygen atoms in total. The van der Waals surface area contributed by atoms with Crippen LogP contribution in [0.15, 0.2) is 54.7 Å². The lowest BCUT2D eigenvalue weighted by Crippen LogP contribution is -2.47. The van der Waals surface area contributed by atoms with Gasteiger partial charge in [-0.1, -0.05) is 36.8 Å². The third-order valence-corrected chi connectivity index (χ3v) is 6.99. The molecule has 0 bridgehead atoms. The number of aromatic amines is 1. The number of H-pyrrole nitrogens is 1. The number of para-hydroxylation sites is 1. The lowest BCUT2D eigenvalue weighted by molar-refractivity contribution is -0.145. The monoisotopic (exact) mass is 515 g/mol. The Bertz CT molecular complexity index is 1200. The third-order valence-electron chi connectivity index (χ3n) is 6.99. The van der Waals surface area contributed by atoms with Crippen LogP contribution in [0, 0.1) is 5.92 Å². The van der Waals surface area contributed by atoms with E-state index in [4.69, 9.17) is 4.74 Å². The van der Waals surface area contributed by atoms with Crippen LogP contribution >= 0.6 is 0 Å². The van der Waals surface area contributed by atoms with Gasteiger partial charge in [0.05, 0.1) is 18.7 Å². The van der Waals surface area contributed by atoms with E-state index in [9.17, 15) is 22.8 Å². The lowest BCUT2D eigenvalue weighted by atomic mass is 9.84. The van der Waals surface area contributed by atoms with E-state index < -0.39 is 11.7 Å². The van der Waals surface area contributed by atoms with Crippen LogP contribution in [0.1, 0.15) is 36.0 Å². The quantitative estimate of drug-likeness (QED) is 0.390. The Balaban J connectivity index is 1.51. The maximum atomic E-state index is 13.5. The van der Waals surface area contributed by atoms with Gasteiger partial charge in [-0.05, 0) is 48.6 Å². The van der Waals surface area contributed by atoms with E-state index in [1.165, 1.54) is 12.1 Å². The van der Waals surface area contributed by atoms with Gasteiger partial charge in [0.25, 0.3) is 0 Å². The zero-order valence-corrected chi connectivity index (χ0v) is 20.9. The van der Waals surface area contributed by atoms with Gasteiger partial charge in [0, 0.05) is 49.8 Å². The predicted molar refractivity (Wildman–Crippen MR) is 135 cm³/mol. The van der Waals surface area contributed by atoms with Gasteiger partial charge >= 0.3 is 6.18 Å². The number of rotatable bonds is 11. The third kappa shape index (κ3) is 6.71. The van der Waals surface area contributed by atoms with Crippen LogP contribution in [0.25, 0.3) is 10.9 Å². The largest absolute Gasteiger partial charge is 0.416 e. The van der Waals surface area contributed by atoms with Crippen LogP contribution in [0.3, 0.4) is 0 Å². The first kappa shape index (κ1) is 26.7. The molecule has 0 aliphatic heterocycles. The highest BCUT2D eigenvalue weighted by Gasteiger charge is 2.32. The molecule has 37 heavy (non-hydrogen) atoms. The molecule has 3 aromatic rings. The van der Waals surface area contributed by atoms with Gasteiger partial charge < -0.3 is 19.5 Å². The van der Waals surface area contributed by atoms with Crippen LogP contribution < -0.4 is 0 Å². The van der Waals surface area contributed by atoms with Gasteiger partial charge in [-0.3, -0.25) is 9.59 Å². The average molecular weight is 516 g/mol. The summed E-state index contributed by atoms with van der Waals surface area (Å²) in [5.74, 6) is -0.342. The van der Waals surface area contributed by atoms with Crippen molar-refractivity contribution in [2.24, 2.45) is 5.92 Å². The minimum Gasteiger partial charge on any atom is -0.383 e. The smallest absolute Gasteiger partial charge is 0.383 e. The summed E-state index contributed by atoms with van der Waals surface area (Å²) in [6.07, 6.45) is 0.709. The molecule has 4 rings (SSSR count). The zero-order valence-electron chi connectivity index (χ0n) is 20.9. The standard InChI is InChI=1S/C28H32F3N3O3/c1-37-16-15-34(27(36)21-5-4-6-21)19-26(35)33(18-20-9-11-23(12-10-20)28(29,30)31)14-13-22-17-32-25-8-3-2-7-24(22)25/h2-3,7-12,17,21,32H,4-6,13-16,18-19H2,1H3. The van der Waals surface area contributed by atoms with Crippen molar-refractivity contribution in [3.63, 3.8) is 0 Å². The molecule has 1 aliphatic rings. The highest BCUT2D eigenvalue weighted by molar-refractivity contribution is 5.86. The molecule has 198 valence electrons. The van der Waals surface area contributed by atoms with Crippen molar-refractivity contribution in [2.75, 3.05) is 33.4 Å². The fraction of sp³-hybridized carbons (Fsp3) is 0.429. The maximum Gasteiger partial charge on any atom is 0.416 e. The Labute approximate surface area is 214 Å². The van der Waals surface area contributed by atoms with Crippen LogP contribution in [0.2, 0.25) is 0 Å². The number of carbonyl (C=O) groups excluding carboxylic acids is 2. The minimum atomic E-state index is -4.42. The average Bonchev–Trinajstić information content (AvgIpc) is 3.26. The van der Waals surface area contributed by atoms with Gasteiger partial charge in [-0.25, -0.2) is 0 Å². The number of halogens is 3. The number of benzene rings is 2. The predicted octanol–water partition coefficient (Wildman–Crippen LogP) is 5.03. The molecule has 2 aromatic carbocycles. The van der Waals surface area contributed by atoms with Crippen LogP contribution in [0.4, 0.5) is 13.2 Å². The van der Waals surface area contributed by atoms with Crippen LogP contribution in [-0.2, 0) is 33.5 Å². The molecule has 0 spiro atoms. The van der Waals surface area contributed by atoms with Gasteiger partial charge in [0.1, 0.15) is 0 Å². The number of ether oxygens (including phenoxy) is 1. The number of fused-ring (bicyclic) bond motifs is 1. The molecule has 1 fully saturated rings. The van der Waals surface area contributed by atoms with Crippen molar-refractivity contribution in [1.82, 2.24) is 14.8 Å². The molecule has 0 unspecified atom stereocenters. The van der Waals surface area contributed by atoms with Gasteiger partial charge in [-0.2, -0.15) is 13.2 Å². The maximum absolute atomic E-state index is 13.5. The first-order chi connectivity index (χ1) is 17.8. The van der Waals surface area contributed by atoms with Gasteiger partial charge in [0.15, 0.2) is 0 Å². The number of methoxy groups -OCH3 is 1. The summed E-state index contributed by atoms with van der Waals surface area (Å²) >= 11 is 0. The summed E-state index contributed by atoms with van der Waals surface area (Å²) < 4.78 is 44.2. The fourth-order valence-corrected chi connectivity index (χ4v) is 4.55. The zero-order chi connectivity index (χ0) is 26.4. The van der Waals surface area contributed by atoms with Gasteiger partial charge in [-0.15, -0.1) is 0 Å². The Kier molecular flexibility index (Phi) is 8.53. The molecule has 2 amide bonds. The Hall–Kier alpha value is -3.33. The molecule has 1 N–H and O–H groups in total. The lowest BCUT2D eigenvalue weighted by Gasteiger charge is -2.33. The summed E-state index contributed by atoms with van der Waals surface area (Å²) in [6, 6.07) is 12.7. The van der Waals surface area contributed by atoms with E-state index in [0.717, 1.165) is 47.9 Å². The van der Waals surface area contributed by atoms with Crippen LogP contribution in [-0.4, -0.2) is 59.9 Å². The van der Waals surface area contributed by atoms with Crippen LogP contribution in [0.5, 0.6) is 0 Å². The Morgan fingerprint density at radius 1 is 1.03 bits per heavy atom. The number of alkyl halides is 3. The first-order valence-corrected chi connectivity index (χ1v) is 12.5. The van der Waals surface area contributed by atoms with Crippen molar-refractivity contribution in [3.8, 4) is 0 Å². The number of aromatic nitrogens is 1. The van der Waals surface area contributed by atoms with Crippen molar-refractivity contribution >= 4 is 22.7 Å². The number of carbonyl (C=O) groups is 2. The van der Waals surface area contributed by atoms with E-state index >= 15 is 0 Å². The van der Waals surface area contributed by atoms with E-state index in [1.54, 1.807) is 16.9 Å². The molecule has 1 saturated carbocycles. The molecule has 1 aliphatic carbocycles. The van der Waals surface area contributed by atoms with Crippen molar-refractivity contribution in [1.29, 1.82) is 0 Å². The topological polar surface area (TPSA) is 65.6 Å². The number of nitrogens with one attached hydrogen (secondary N) is 1. The minimum absolute atomic E-state index is 0.0391. The molecule has 0 saturated heterocycles. The van der Waals surface area contributed by atoms with Gasteiger partial charge in [0.2, 0.25) is 11.8 Å². The second-order valence-corrected chi connectivity index (χ2v) is 9.50. The molecule has 0 radical (unpaired) electrons. The number of amides is 2. The summed E-state index contributed by atoms with van der Waals surface area (Å²) in [4.78, 5) is 32.9. The molecule has 9 heteroatoms. The van der Waals surface area contributed by atoms with E-state index in [0.29, 0.717) is 31.7 Å². The summed E-state index contributed by atoms with van der Waals surface area (Å²) in [5, 5.41) is 1.06. The van der Waals surface area contributed by atoms with E-state index in [1.807, 2.05) is 30.5 Å². The van der Waals surface area contributed by atoms with Crippen molar-refractivity contribution in [2.45, 2.75) is 38.4 Å². The normalized spacial score (nSPS) is 13.9. The molecule has 1 heterocycles. The fourth-order valence-electron chi connectivity index (χ4n) is 4.55. The van der Waals surface area contributed by atoms with E-state index in [2.05, 4.69) is 4.98 Å². The second-order valence-electron chi connectivity index (χ2n) is 9.50. The first-order valence-electron chi connectivity index (χ1n) is 12.5. The van der Waals surface area contributed by atoms with Crippen molar-refractivity contribution in [3.05, 3.63) is 71.4 Å². The SMILES string of the molecule is COCCN(CC(=O)N(CCc1c[nH]c2ccccc12)Cc1ccc(C(F)(F)F)cc1)C(=O)C1CCC1. The summed E-state index contributed by atoms with van der Waals surface area (Å²) in [7, 11) is 1.55. The summed E-state index contributed by atoms with van der Waals surface area (Å²) in [6.45, 7) is 1.05. The summed E-state index contributed by atoms with van der Waals surface area (Å²) in [5.41, 5.74) is 1.90. The molecular weight excluding hydrogens is 483 g/mol.